The first-order valence-corrected chi connectivity index (χ1v) is 10.1. The van der Waals surface area contributed by atoms with E-state index in [4.69, 9.17) is 16.3 Å². The van der Waals surface area contributed by atoms with E-state index in [0.717, 1.165) is 12.0 Å². The summed E-state index contributed by atoms with van der Waals surface area (Å²) in [7, 11) is 0. The number of halogens is 1. The average Bonchev–Trinajstić information content (AvgIpc) is 3.16. The number of hydrogen-bond acceptors (Lipinski definition) is 5. The number of morpholine rings is 1. The number of amides is 3. The lowest BCUT2D eigenvalue weighted by molar-refractivity contribution is -0.123. The Morgan fingerprint density at radius 2 is 2.07 bits per heavy atom. The summed E-state index contributed by atoms with van der Waals surface area (Å²) in [5.41, 5.74) is 1.02. The fraction of sp³-hybridized carbons (Fsp3) is 0.368. The number of carbonyl (C=O) groups is 2. The van der Waals surface area contributed by atoms with Gasteiger partial charge < -0.3 is 10.1 Å². The van der Waals surface area contributed by atoms with Gasteiger partial charge >= 0.3 is 6.03 Å². The number of thiophene rings is 1. The highest BCUT2D eigenvalue weighted by atomic mass is 35.5. The molecule has 3 rings (SSSR count). The summed E-state index contributed by atoms with van der Waals surface area (Å²) in [5, 5.41) is 7.77. The predicted molar refractivity (Wildman–Crippen MR) is 106 cm³/mol. The summed E-state index contributed by atoms with van der Waals surface area (Å²) in [6, 6.07) is 11.0. The number of imide groups is 1. The Hall–Kier alpha value is -1.93. The Labute approximate surface area is 167 Å². The molecule has 2 heterocycles. The summed E-state index contributed by atoms with van der Waals surface area (Å²) >= 11 is 7.57. The molecular formula is C19H22ClN3O3S. The molecule has 1 atom stereocenters. The van der Waals surface area contributed by atoms with Crippen molar-refractivity contribution in [3.8, 4) is 0 Å². The Morgan fingerprint density at radius 3 is 2.81 bits per heavy atom. The number of ether oxygens (including phenoxy) is 1. The molecule has 1 aliphatic rings. The van der Waals surface area contributed by atoms with Gasteiger partial charge in [-0.2, -0.15) is 0 Å². The van der Waals surface area contributed by atoms with Crippen molar-refractivity contribution in [3.63, 3.8) is 0 Å². The SMILES string of the molecule is O=C(CN1CCOC(c2ccc(Cl)cc2)C1)NC(=O)NCCc1cccs1. The highest BCUT2D eigenvalue weighted by Crippen LogP contribution is 2.23. The number of benzene rings is 1. The van der Waals surface area contributed by atoms with Gasteiger partial charge in [0.15, 0.2) is 0 Å². The minimum absolute atomic E-state index is 0.108. The summed E-state index contributed by atoms with van der Waals surface area (Å²) in [4.78, 5) is 27.2. The van der Waals surface area contributed by atoms with E-state index in [1.54, 1.807) is 11.3 Å². The normalized spacial score (nSPS) is 17.4. The highest BCUT2D eigenvalue weighted by Gasteiger charge is 2.24. The van der Waals surface area contributed by atoms with Crippen LogP contribution in [-0.2, 0) is 16.0 Å². The molecule has 1 saturated heterocycles. The fourth-order valence-electron chi connectivity index (χ4n) is 2.89. The predicted octanol–water partition coefficient (Wildman–Crippen LogP) is 2.84. The van der Waals surface area contributed by atoms with Gasteiger partial charge in [0.05, 0.1) is 19.3 Å². The molecule has 1 aromatic heterocycles. The number of nitrogens with one attached hydrogen (secondary N) is 2. The number of nitrogens with zero attached hydrogens (tertiary/aromatic N) is 1. The van der Waals surface area contributed by atoms with Crippen LogP contribution < -0.4 is 10.6 Å². The molecule has 2 N–H and O–H groups in total. The molecule has 6 nitrogen and oxygen atoms in total. The van der Waals surface area contributed by atoms with Gasteiger partial charge in [0.25, 0.3) is 0 Å². The molecule has 1 aromatic carbocycles. The molecule has 8 heteroatoms. The molecule has 3 amide bonds. The maximum absolute atomic E-state index is 12.1. The van der Waals surface area contributed by atoms with Crippen molar-refractivity contribution >= 4 is 34.9 Å². The number of carbonyl (C=O) groups excluding carboxylic acids is 2. The first-order valence-electron chi connectivity index (χ1n) is 8.79. The maximum atomic E-state index is 12.1. The van der Waals surface area contributed by atoms with Crippen molar-refractivity contribution in [1.29, 1.82) is 0 Å². The highest BCUT2D eigenvalue weighted by molar-refractivity contribution is 7.09. The van der Waals surface area contributed by atoms with E-state index in [1.165, 1.54) is 4.88 Å². The Balaban J connectivity index is 1.40. The molecule has 144 valence electrons. The van der Waals surface area contributed by atoms with E-state index < -0.39 is 6.03 Å². The number of hydrogen-bond donors (Lipinski definition) is 2. The van der Waals surface area contributed by atoms with Crippen molar-refractivity contribution in [1.82, 2.24) is 15.5 Å². The second-order valence-corrected chi connectivity index (χ2v) is 7.75. The van der Waals surface area contributed by atoms with Crippen LogP contribution in [0, 0.1) is 0 Å². The quantitative estimate of drug-likeness (QED) is 0.772. The van der Waals surface area contributed by atoms with Gasteiger partial charge in [0.2, 0.25) is 5.91 Å². The molecule has 0 aliphatic carbocycles. The van der Waals surface area contributed by atoms with Crippen LogP contribution in [0.15, 0.2) is 41.8 Å². The van der Waals surface area contributed by atoms with Crippen LogP contribution in [0.4, 0.5) is 4.79 Å². The molecule has 0 spiro atoms. The standard InChI is InChI=1S/C19H22ClN3O3S/c20-15-5-3-14(4-6-15)17-12-23(9-10-26-17)13-18(24)22-19(25)21-8-7-16-2-1-11-27-16/h1-6,11,17H,7-10,12-13H2,(H2,21,22,24,25). The minimum Gasteiger partial charge on any atom is -0.371 e. The molecule has 1 aliphatic heterocycles. The molecule has 27 heavy (non-hydrogen) atoms. The first kappa shape index (κ1) is 19.8. The van der Waals surface area contributed by atoms with E-state index in [0.29, 0.717) is 31.3 Å². The lowest BCUT2D eigenvalue weighted by Gasteiger charge is -2.32. The second-order valence-electron chi connectivity index (χ2n) is 6.28. The van der Waals surface area contributed by atoms with E-state index in [9.17, 15) is 9.59 Å². The van der Waals surface area contributed by atoms with Crippen LogP contribution in [-0.4, -0.2) is 49.6 Å². The smallest absolute Gasteiger partial charge is 0.321 e. The Bertz CT molecular complexity index is 752. The van der Waals surface area contributed by atoms with Gasteiger partial charge in [-0.1, -0.05) is 29.8 Å². The Kier molecular flexibility index (Phi) is 7.23. The van der Waals surface area contributed by atoms with Crippen LogP contribution in [0.1, 0.15) is 16.5 Å². The second kappa shape index (κ2) is 9.85. The molecular weight excluding hydrogens is 386 g/mol. The molecule has 0 bridgehead atoms. The first-order chi connectivity index (χ1) is 13.1. The van der Waals surface area contributed by atoms with Crippen molar-refractivity contribution in [2.75, 3.05) is 32.8 Å². The lowest BCUT2D eigenvalue weighted by Crippen LogP contribution is -2.48. The van der Waals surface area contributed by atoms with Crippen LogP contribution in [0.3, 0.4) is 0 Å². The van der Waals surface area contributed by atoms with Gasteiger partial charge in [-0.3, -0.25) is 15.0 Å². The van der Waals surface area contributed by atoms with Crippen LogP contribution >= 0.6 is 22.9 Å². The van der Waals surface area contributed by atoms with E-state index in [-0.39, 0.29) is 18.6 Å². The summed E-state index contributed by atoms with van der Waals surface area (Å²) in [5.74, 6) is -0.319. The number of urea groups is 1. The van der Waals surface area contributed by atoms with Crippen LogP contribution in [0.5, 0.6) is 0 Å². The largest absolute Gasteiger partial charge is 0.371 e. The lowest BCUT2D eigenvalue weighted by atomic mass is 10.1. The topological polar surface area (TPSA) is 70.7 Å². The van der Waals surface area contributed by atoms with Gasteiger partial charge in [-0.25, -0.2) is 4.79 Å². The van der Waals surface area contributed by atoms with E-state index >= 15 is 0 Å². The third-order valence-electron chi connectivity index (χ3n) is 4.25. The van der Waals surface area contributed by atoms with Gasteiger partial charge in [0, 0.05) is 29.5 Å². The summed E-state index contributed by atoms with van der Waals surface area (Å²) in [6.45, 7) is 2.43. The third-order valence-corrected chi connectivity index (χ3v) is 5.44. The van der Waals surface area contributed by atoms with Gasteiger partial charge in [-0.05, 0) is 35.6 Å². The zero-order valence-corrected chi connectivity index (χ0v) is 16.4. The van der Waals surface area contributed by atoms with Crippen molar-refractivity contribution in [2.45, 2.75) is 12.5 Å². The molecule has 0 radical (unpaired) electrons. The van der Waals surface area contributed by atoms with Gasteiger partial charge in [-0.15, -0.1) is 11.3 Å². The van der Waals surface area contributed by atoms with Gasteiger partial charge in [0.1, 0.15) is 0 Å². The third kappa shape index (κ3) is 6.32. The van der Waals surface area contributed by atoms with Crippen LogP contribution in [0.25, 0.3) is 0 Å². The molecule has 1 fully saturated rings. The average molecular weight is 408 g/mol. The zero-order valence-electron chi connectivity index (χ0n) is 14.8. The maximum Gasteiger partial charge on any atom is 0.321 e. The van der Waals surface area contributed by atoms with Crippen LogP contribution in [0.2, 0.25) is 5.02 Å². The molecule has 0 saturated carbocycles. The molecule has 2 aromatic rings. The fourth-order valence-corrected chi connectivity index (χ4v) is 3.73. The van der Waals surface area contributed by atoms with Crippen molar-refractivity contribution in [2.24, 2.45) is 0 Å². The van der Waals surface area contributed by atoms with E-state index in [2.05, 4.69) is 10.6 Å². The Morgan fingerprint density at radius 1 is 1.26 bits per heavy atom. The van der Waals surface area contributed by atoms with E-state index in [1.807, 2.05) is 46.7 Å². The van der Waals surface area contributed by atoms with Crippen molar-refractivity contribution < 1.29 is 14.3 Å². The summed E-state index contributed by atoms with van der Waals surface area (Å²) < 4.78 is 5.79. The van der Waals surface area contributed by atoms with Crippen molar-refractivity contribution in [3.05, 3.63) is 57.2 Å². The zero-order chi connectivity index (χ0) is 19.1. The monoisotopic (exact) mass is 407 g/mol. The minimum atomic E-state index is -0.459. The molecule has 1 unspecified atom stereocenters. The summed E-state index contributed by atoms with van der Waals surface area (Å²) in [6.07, 6.45) is 0.648. The number of rotatable bonds is 6.